The summed E-state index contributed by atoms with van der Waals surface area (Å²) in [6.45, 7) is 4.32. The van der Waals surface area contributed by atoms with Gasteiger partial charge in [-0.15, -0.1) is 10.2 Å². The summed E-state index contributed by atoms with van der Waals surface area (Å²) in [5, 5.41) is 18.3. The Morgan fingerprint density at radius 3 is 2.47 bits per heavy atom. The van der Waals surface area contributed by atoms with Crippen LogP contribution >= 0.6 is 0 Å². The van der Waals surface area contributed by atoms with Crippen molar-refractivity contribution in [2.45, 2.75) is 37.6 Å². The highest BCUT2D eigenvalue weighted by atomic mass is 15.5. The third-order valence-electron chi connectivity index (χ3n) is 4.16. The summed E-state index contributed by atoms with van der Waals surface area (Å²) in [4.78, 5) is 2.56. The van der Waals surface area contributed by atoms with E-state index in [0.717, 1.165) is 32.0 Å². The van der Waals surface area contributed by atoms with Gasteiger partial charge in [-0.05, 0) is 12.8 Å². The van der Waals surface area contributed by atoms with Gasteiger partial charge in [-0.2, -0.15) is 5.21 Å². The molecule has 2 heterocycles. The van der Waals surface area contributed by atoms with Gasteiger partial charge in [-0.1, -0.05) is 24.5 Å². The molecule has 0 unspecified atom stereocenters. The summed E-state index contributed by atoms with van der Waals surface area (Å²) >= 11 is 0. The fraction of sp³-hybridized carbons (Fsp3) is 0.909. The zero-order valence-electron chi connectivity index (χ0n) is 10.2. The molecule has 1 aliphatic heterocycles. The van der Waals surface area contributed by atoms with Crippen molar-refractivity contribution in [1.82, 2.24) is 30.8 Å². The van der Waals surface area contributed by atoms with E-state index in [-0.39, 0.29) is 5.54 Å². The second-order valence-electron chi connectivity index (χ2n) is 5.06. The first-order valence-corrected chi connectivity index (χ1v) is 6.61. The summed E-state index contributed by atoms with van der Waals surface area (Å²) < 4.78 is 0. The molecule has 6 heteroatoms. The van der Waals surface area contributed by atoms with Gasteiger partial charge < -0.3 is 5.32 Å². The van der Waals surface area contributed by atoms with Crippen LogP contribution in [0.5, 0.6) is 0 Å². The highest BCUT2D eigenvalue weighted by molar-refractivity contribution is 5.06. The molecule has 2 fully saturated rings. The number of tetrazole rings is 1. The Morgan fingerprint density at radius 2 is 1.82 bits per heavy atom. The van der Waals surface area contributed by atoms with Gasteiger partial charge in [0.25, 0.3) is 0 Å². The fourth-order valence-corrected chi connectivity index (χ4v) is 3.27. The molecule has 0 aromatic carbocycles. The summed E-state index contributed by atoms with van der Waals surface area (Å²) in [5.74, 6) is 0.902. The van der Waals surface area contributed by atoms with E-state index in [2.05, 4.69) is 30.8 Å². The van der Waals surface area contributed by atoms with Crippen LogP contribution in [0.1, 0.15) is 37.9 Å². The van der Waals surface area contributed by atoms with E-state index >= 15 is 0 Å². The van der Waals surface area contributed by atoms with E-state index < -0.39 is 0 Å². The monoisotopic (exact) mass is 236 g/mol. The molecule has 2 N–H and O–H groups in total. The van der Waals surface area contributed by atoms with Crippen LogP contribution in [-0.2, 0) is 5.54 Å². The minimum atomic E-state index is 0.0490. The normalized spacial score (nSPS) is 25.9. The molecule has 1 saturated carbocycles. The number of rotatable bonds is 2. The van der Waals surface area contributed by atoms with Crippen molar-refractivity contribution < 1.29 is 0 Å². The van der Waals surface area contributed by atoms with Gasteiger partial charge >= 0.3 is 0 Å². The molecule has 0 amide bonds. The summed E-state index contributed by atoms with van der Waals surface area (Å²) in [6, 6.07) is 0. The molecule has 1 aromatic heterocycles. The van der Waals surface area contributed by atoms with Crippen LogP contribution in [0.25, 0.3) is 0 Å². The van der Waals surface area contributed by atoms with E-state index in [1.54, 1.807) is 0 Å². The van der Waals surface area contributed by atoms with Crippen molar-refractivity contribution in [3.8, 4) is 0 Å². The highest BCUT2D eigenvalue weighted by Gasteiger charge is 2.43. The van der Waals surface area contributed by atoms with Gasteiger partial charge in [0.05, 0.1) is 5.54 Å². The zero-order chi connectivity index (χ0) is 11.6. The largest absolute Gasteiger partial charge is 0.314 e. The average molecular weight is 236 g/mol. The minimum Gasteiger partial charge on any atom is -0.314 e. The first-order valence-electron chi connectivity index (χ1n) is 6.61. The molecule has 2 aliphatic rings. The lowest BCUT2D eigenvalue weighted by Crippen LogP contribution is -2.55. The van der Waals surface area contributed by atoms with Crippen LogP contribution in [0.4, 0.5) is 0 Å². The van der Waals surface area contributed by atoms with Crippen molar-refractivity contribution in [1.29, 1.82) is 0 Å². The number of aromatic nitrogens is 4. The van der Waals surface area contributed by atoms with E-state index in [9.17, 15) is 0 Å². The molecule has 0 atom stereocenters. The van der Waals surface area contributed by atoms with E-state index in [1.165, 1.54) is 32.1 Å². The number of nitrogens with zero attached hydrogens (tertiary/aromatic N) is 4. The van der Waals surface area contributed by atoms with Gasteiger partial charge in [0.15, 0.2) is 5.82 Å². The minimum absolute atomic E-state index is 0.0490. The molecule has 1 aliphatic carbocycles. The first kappa shape index (κ1) is 11.1. The highest BCUT2D eigenvalue weighted by Crippen LogP contribution is 2.40. The van der Waals surface area contributed by atoms with Gasteiger partial charge in [0, 0.05) is 26.2 Å². The Labute approximate surface area is 101 Å². The zero-order valence-corrected chi connectivity index (χ0v) is 10.2. The van der Waals surface area contributed by atoms with Crippen LogP contribution in [0.3, 0.4) is 0 Å². The number of hydrogen-bond donors (Lipinski definition) is 2. The fourth-order valence-electron chi connectivity index (χ4n) is 3.27. The standard InChI is InChI=1S/C11H20N6/c1-2-4-11(5-3-1,10-13-15-16-14-10)17-8-6-12-7-9-17/h12H,1-9H2,(H,13,14,15,16). The maximum absolute atomic E-state index is 4.28. The lowest BCUT2D eigenvalue weighted by molar-refractivity contribution is 0.0289. The maximum atomic E-state index is 4.28. The van der Waals surface area contributed by atoms with Gasteiger partial charge in [-0.25, -0.2) is 0 Å². The molecule has 1 aromatic rings. The SMILES string of the molecule is C1CCC(c2nn[nH]n2)(N2CCNCC2)CC1. The number of nitrogens with one attached hydrogen (secondary N) is 2. The molecular weight excluding hydrogens is 216 g/mol. The smallest absolute Gasteiger partial charge is 0.194 e. The van der Waals surface area contributed by atoms with E-state index in [1.807, 2.05) is 0 Å². The molecule has 1 saturated heterocycles. The maximum Gasteiger partial charge on any atom is 0.194 e. The van der Waals surface area contributed by atoms with Gasteiger partial charge in [0.1, 0.15) is 0 Å². The van der Waals surface area contributed by atoms with Crippen molar-refractivity contribution in [2.75, 3.05) is 26.2 Å². The Balaban J connectivity index is 1.89. The van der Waals surface area contributed by atoms with Crippen LogP contribution in [0, 0.1) is 0 Å². The topological polar surface area (TPSA) is 69.7 Å². The van der Waals surface area contributed by atoms with Gasteiger partial charge in [0.2, 0.25) is 0 Å². The number of H-pyrrole nitrogens is 1. The van der Waals surface area contributed by atoms with Crippen molar-refractivity contribution in [3.63, 3.8) is 0 Å². The Morgan fingerprint density at radius 1 is 1.06 bits per heavy atom. The second kappa shape index (κ2) is 4.70. The number of hydrogen-bond acceptors (Lipinski definition) is 5. The molecule has 0 spiro atoms. The van der Waals surface area contributed by atoms with Crippen molar-refractivity contribution in [2.24, 2.45) is 0 Å². The summed E-state index contributed by atoms with van der Waals surface area (Å²) in [6.07, 6.45) is 6.24. The summed E-state index contributed by atoms with van der Waals surface area (Å²) in [5.41, 5.74) is 0.0490. The van der Waals surface area contributed by atoms with Crippen LogP contribution < -0.4 is 5.32 Å². The molecule has 17 heavy (non-hydrogen) atoms. The lowest BCUT2D eigenvalue weighted by Gasteiger charge is -2.46. The van der Waals surface area contributed by atoms with Crippen LogP contribution in [0.2, 0.25) is 0 Å². The number of aromatic amines is 1. The van der Waals surface area contributed by atoms with Crippen LogP contribution in [0.15, 0.2) is 0 Å². The average Bonchev–Trinajstić information content (AvgIpc) is 2.95. The molecule has 3 rings (SSSR count). The second-order valence-corrected chi connectivity index (χ2v) is 5.06. The first-order chi connectivity index (χ1) is 8.42. The van der Waals surface area contributed by atoms with Gasteiger partial charge in [-0.3, -0.25) is 4.90 Å². The van der Waals surface area contributed by atoms with E-state index in [0.29, 0.717) is 0 Å². The Kier molecular flexibility index (Phi) is 3.07. The predicted octanol–water partition coefficient (Wildman–Crippen LogP) is 0.264. The van der Waals surface area contributed by atoms with E-state index in [4.69, 9.17) is 0 Å². The summed E-state index contributed by atoms with van der Waals surface area (Å²) in [7, 11) is 0. The quantitative estimate of drug-likeness (QED) is 0.771. The third-order valence-corrected chi connectivity index (χ3v) is 4.16. The predicted molar refractivity (Wildman–Crippen MR) is 63.4 cm³/mol. The molecule has 0 bridgehead atoms. The van der Waals surface area contributed by atoms with Crippen molar-refractivity contribution in [3.05, 3.63) is 5.82 Å². The Hall–Kier alpha value is -1.01. The molecular formula is C11H20N6. The number of piperazine rings is 1. The lowest BCUT2D eigenvalue weighted by atomic mass is 9.79. The van der Waals surface area contributed by atoms with Crippen LogP contribution in [-0.4, -0.2) is 51.7 Å². The molecule has 6 nitrogen and oxygen atoms in total. The van der Waals surface area contributed by atoms with Crippen molar-refractivity contribution >= 4 is 0 Å². The Bertz CT molecular complexity index is 337. The third kappa shape index (κ3) is 1.95. The molecule has 94 valence electrons. The molecule has 0 radical (unpaired) electrons.